The van der Waals surface area contributed by atoms with Crippen molar-refractivity contribution in [3.8, 4) is 17.1 Å². The first-order valence-electron chi connectivity index (χ1n) is 9.51. The molecule has 0 unspecified atom stereocenters. The predicted octanol–water partition coefficient (Wildman–Crippen LogP) is 4.68. The summed E-state index contributed by atoms with van der Waals surface area (Å²) in [5.41, 5.74) is 4.97. The molecule has 1 N–H and O–H groups in total. The number of hydrogen-bond donors (Lipinski definition) is 1. The van der Waals surface area contributed by atoms with Gasteiger partial charge in [0.05, 0.1) is 11.4 Å². The highest BCUT2D eigenvalue weighted by Gasteiger charge is 2.08. The molecule has 2 heterocycles. The molecule has 1 amide bonds. The van der Waals surface area contributed by atoms with Crippen LogP contribution < -0.4 is 5.32 Å². The molecule has 0 spiro atoms. The normalized spacial score (nSPS) is 10.7. The van der Waals surface area contributed by atoms with Gasteiger partial charge >= 0.3 is 0 Å². The average molecular weight is 416 g/mol. The van der Waals surface area contributed by atoms with E-state index in [2.05, 4.69) is 26.6 Å². The number of nitrogens with one attached hydrogen (secondary N) is 1. The van der Waals surface area contributed by atoms with Crippen molar-refractivity contribution in [3.63, 3.8) is 0 Å². The van der Waals surface area contributed by atoms with Crippen LogP contribution in [0.2, 0.25) is 0 Å². The lowest BCUT2D eigenvalue weighted by atomic mass is 10.1. The maximum Gasteiger partial charge on any atom is 0.234 e. The first-order chi connectivity index (χ1) is 14.6. The Bertz CT molecular complexity index is 1140. The van der Waals surface area contributed by atoms with Crippen LogP contribution in [-0.4, -0.2) is 31.4 Å². The van der Waals surface area contributed by atoms with Gasteiger partial charge in [0, 0.05) is 17.4 Å². The third-order valence-corrected chi connectivity index (χ3v) is 5.32. The first kappa shape index (κ1) is 19.8. The lowest BCUT2D eigenvalue weighted by Crippen LogP contribution is -2.14. The Kier molecular flexibility index (Phi) is 5.90. The lowest BCUT2D eigenvalue weighted by molar-refractivity contribution is -0.113. The van der Waals surface area contributed by atoms with Crippen molar-refractivity contribution in [1.29, 1.82) is 0 Å². The van der Waals surface area contributed by atoms with Crippen molar-refractivity contribution in [2.45, 2.75) is 18.9 Å². The highest BCUT2D eigenvalue weighted by atomic mass is 32.2. The molecule has 0 bridgehead atoms. The van der Waals surface area contributed by atoms with Gasteiger partial charge in [0.2, 0.25) is 5.91 Å². The Balaban J connectivity index is 1.36. The summed E-state index contributed by atoms with van der Waals surface area (Å²) >= 11 is 1.35. The van der Waals surface area contributed by atoms with Gasteiger partial charge in [0.1, 0.15) is 11.4 Å². The number of thioether (sulfide) groups is 1. The van der Waals surface area contributed by atoms with E-state index in [0.717, 1.165) is 28.1 Å². The van der Waals surface area contributed by atoms with Crippen LogP contribution >= 0.6 is 11.8 Å². The van der Waals surface area contributed by atoms with E-state index in [1.54, 1.807) is 6.33 Å². The topological polar surface area (TPSA) is 72.7 Å². The smallest absolute Gasteiger partial charge is 0.234 e. The zero-order valence-electron chi connectivity index (χ0n) is 16.7. The molecule has 7 heteroatoms. The summed E-state index contributed by atoms with van der Waals surface area (Å²) in [7, 11) is 0. The lowest BCUT2D eigenvalue weighted by Gasteiger charge is -2.07. The summed E-state index contributed by atoms with van der Waals surface area (Å²) in [6, 6.07) is 19.7. The molecule has 2 aromatic heterocycles. The highest BCUT2D eigenvalue weighted by molar-refractivity contribution is 7.99. The standard InChI is InChI=1S/C23H21N5OS/c1-16-10-17(2)12-19(11-16)25-22(29)14-30-23-9-8-21(26-27-23)28-13-20(24-15-28)18-6-4-3-5-7-18/h3-13,15H,14H2,1-2H3,(H,25,29). The minimum absolute atomic E-state index is 0.0713. The number of rotatable bonds is 6. The van der Waals surface area contributed by atoms with Crippen molar-refractivity contribution in [2.75, 3.05) is 11.1 Å². The fraction of sp³-hybridized carbons (Fsp3) is 0.130. The third-order valence-electron chi connectivity index (χ3n) is 4.40. The van der Waals surface area contributed by atoms with E-state index >= 15 is 0 Å². The van der Waals surface area contributed by atoms with Gasteiger partial charge in [-0.15, -0.1) is 10.2 Å². The van der Waals surface area contributed by atoms with Crippen LogP contribution in [0.5, 0.6) is 0 Å². The van der Waals surface area contributed by atoms with E-state index in [-0.39, 0.29) is 11.7 Å². The van der Waals surface area contributed by atoms with Crippen LogP contribution in [0.25, 0.3) is 17.1 Å². The van der Waals surface area contributed by atoms with E-state index < -0.39 is 0 Å². The minimum Gasteiger partial charge on any atom is -0.325 e. The number of hydrogen-bond acceptors (Lipinski definition) is 5. The first-order valence-corrected chi connectivity index (χ1v) is 10.5. The van der Waals surface area contributed by atoms with E-state index in [1.165, 1.54) is 11.8 Å². The number of carbonyl (C=O) groups is 1. The number of imidazole rings is 1. The number of aromatic nitrogens is 4. The largest absolute Gasteiger partial charge is 0.325 e. The second-order valence-corrected chi connectivity index (χ2v) is 7.97. The summed E-state index contributed by atoms with van der Waals surface area (Å²) in [5.74, 6) is 0.872. The van der Waals surface area contributed by atoms with E-state index in [0.29, 0.717) is 10.8 Å². The molecule has 30 heavy (non-hydrogen) atoms. The molecular formula is C23H21N5OS. The second kappa shape index (κ2) is 8.92. The number of amides is 1. The van der Waals surface area contributed by atoms with Gasteiger partial charge in [0.15, 0.2) is 5.82 Å². The summed E-state index contributed by atoms with van der Waals surface area (Å²) in [6.07, 6.45) is 3.64. The summed E-state index contributed by atoms with van der Waals surface area (Å²) in [4.78, 5) is 16.7. The van der Waals surface area contributed by atoms with Crippen molar-refractivity contribution >= 4 is 23.4 Å². The molecule has 0 saturated carbocycles. The summed E-state index contributed by atoms with van der Waals surface area (Å²) in [5, 5.41) is 12.1. The molecule has 0 saturated heterocycles. The molecule has 0 radical (unpaired) electrons. The zero-order chi connectivity index (χ0) is 20.9. The van der Waals surface area contributed by atoms with Crippen LogP contribution in [0, 0.1) is 13.8 Å². The maximum absolute atomic E-state index is 12.2. The molecule has 4 aromatic rings. The van der Waals surface area contributed by atoms with Gasteiger partial charge < -0.3 is 5.32 Å². The highest BCUT2D eigenvalue weighted by Crippen LogP contribution is 2.20. The number of carbonyl (C=O) groups excluding carboxylic acids is 1. The van der Waals surface area contributed by atoms with Gasteiger partial charge in [0.25, 0.3) is 0 Å². The minimum atomic E-state index is -0.0713. The molecule has 4 rings (SSSR count). The Hall–Kier alpha value is -3.45. The van der Waals surface area contributed by atoms with Crippen LogP contribution in [-0.2, 0) is 4.79 Å². The van der Waals surface area contributed by atoms with Gasteiger partial charge in [-0.2, -0.15) is 0 Å². The number of nitrogens with zero attached hydrogens (tertiary/aromatic N) is 4. The van der Waals surface area contributed by atoms with Gasteiger partial charge in [-0.1, -0.05) is 48.2 Å². The van der Waals surface area contributed by atoms with Crippen molar-refractivity contribution < 1.29 is 4.79 Å². The fourth-order valence-corrected chi connectivity index (χ4v) is 3.73. The van der Waals surface area contributed by atoms with E-state index in [9.17, 15) is 4.79 Å². The summed E-state index contributed by atoms with van der Waals surface area (Å²) < 4.78 is 1.83. The Morgan fingerprint density at radius 2 is 1.77 bits per heavy atom. The second-order valence-electron chi connectivity index (χ2n) is 6.98. The van der Waals surface area contributed by atoms with Crippen LogP contribution in [0.4, 0.5) is 5.69 Å². The zero-order valence-corrected chi connectivity index (χ0v) is 17.6. The Morgan fingerprint density at radius 1 is 1.00 bits per heavy atom. The molecule has 0 aliphatic heterocycles. The molecule has 0 aliphatic carbocycles. The number of anilines is 1. The van der Waals surface area contributed by atoms with Crippen molar-refractivity contribution in [1.82, 2.24) is 19.7 Å². The number of benzene rings is 2. The van der Waals surface area contributed by atoms with E-state index in [4.69, 9.17) is 0 Å². The predicted molar refractivity (Wildman–Crippen MR) is 120 cm³/mol. The van der Waals surface area contributed by atoms with Crippen LogP contribution in [0.3, 0.4) is 0 Å². The molecular weight excluding hydrogens is 394 g/mol. The molecule has 150 valence electrons. The van der Waals surface area contributed by atoms with Gasteiger partial charge in [-0.3, -0.25) is 9.36 Å². The van der Waals surface area contributed by atoms with Crippen molar-refractivity contribution in [3.05, 3.63) is 84.3 Å². The average Bonchev–Trinajstić information content (AvgIpc) is 3.23. The summed E-state index contributed by atoms with van der Waals surface area (Å²) in [6.45, 7) is 4.02. The van der Waals surface area contributed by atoms with Gasteiger partial charge in [-0.25, -0.2) is 4.98 Å². The van der Waals surface area contributed by atoms with Crippen molar-refractivity contribution in [2.24, 2.45) is 0 Å². The Morgan fingerprint density at radius 3 is 2.47 bits per heavy atom. The molecule has 2 aromatic carbocycles. The monoisotopic (exact) mass is 415 g/mol. The Labute approximate surface area is 179 Å². The van der Waals surface area contributed by atoms with Crippen LogP contribution in [0.15, 0.2) is 78.2 Å². The number of aryl methyl sites for hydroxylation is 2. The maximum atomic E-state index is 12.2. The molecule has 0 atom stereocenters. The van der Waals surface area contributed by atoms with E-state index in [1.807, 2.05) is 79.2 Å². The quantitative estimate of drug-likeness (QED) is 0.463. The molecule has 0 aliphatic rings. The van der Waals surface area contributed by atoms with Crippen LogP contribution in [0.1, 0.15) is 11.1 Å². The SMILES string of the molecule is Cc1cc(C)cc(NC(=O)CSc2ccc(-n3cnc(-c4ccccc4)c3)nn2)c1. The molecule has 6 nitrogen and oxygen atoms in total. The van der Waals surface area contributed by atoms with Gasteiger partial charge in [-0.05, 0) is 49.2 Å². The molecule has 0 fully saturated rings. The third kappa shape index (κ3) is 4.93. The fourth-order valence-electron chi connectivity index (χ4n) is 3.12.